The van der Waals surface area contributed by atoms with Crippen LogP contribution >= 0.6 is 15.9 Å². The molecule has 3 heterocycles. The Morgan fingerprint density at radius 2 is 1.94 bits per heavy atom. The van der Waals surface area contributed by atoms with Gasteiger partial charge in [0.2, 0.25) is 0 Å². The first-order valence-corrected chi connectivity index (χ1v) is 15.5. The largest absolute Gasteiger partial charge is 0.361 e. The second-order valence-corrected chi connectivity index (χ2v) is 15.7. The maximum atomic E-state index is 5.94. The summed E-state index contributed by atoms with van der Waals surface area (Å²) in [6, 6.07) is 3.45. The number of fused-ring (bicyclic) bond motifs is 1. The third-order valence-corrected chi connectivity index (χ3v) is 7.67. The first-order valence-electron chi connectivity index (χ1n) is 11.0. The van der Waals surface area contributed by atoms with E-state index in [0.717, 1.165) is 53.0 Å². The molecule has 0 bridgehead atoms. The Bertz CT molecular complexity index is 1010. The maximum absolute atomic E-state index is 5.94. The summed E-state index contributed by atoms with van der Waals surface area (Å²) in [6.07, 6.45) is 7.19. The van der Waals surface area contributed by atoms with Crippen molar-refractivity contribution in [3.63, 3.8) is 0 Å². The molecule has 8 nitrogen and oxygen atoms in total. The summed E-state index contributed by atoms with van der Waals surface area (Å²) in [6.45, 7) is 14.4. The summed E-state index contributed by atoms with van der Waals surface area (Å²) in [7, 11) is 0.946. The van der Waals surface area contributed by atoms with Crippen LogP contribution in [-0.4, -0.2) is 65.4 Å². The van der Waals surface area contributed by atoms with Gasteiger partial charge in [0.1, 0.15) is 34.9 Å². The molecule has 0 unspecified atom stereocenters. The molecule has 10 heteroatoms. The van der Waals surface area contributed by atoms with Gasteiger partial charge in [0.05, 0.1) is 17.8 Å². The number of hydrogen-bond acceptors (Lipinski definition) is 7. The molecule has 1 atom stereocenters. The van der Waals surface area contributed by atoms with E-state index in [1.54, 1.807) is 18.7 Å². The lowest BCUT2D eigenvalue weighted by Crippen LogP contribution is -2.41. The van der Waals surface area contributed by atoms with Gasteiger partial charge in [-0.25, -0.2) is 19.9 Å². The van der Waals surface area contributed by atoms with Crippen LogP contribution in [0.3, 0.4) is 0 Å². The molecular formula is C22H34BrN7OSi. The van der Waals surface area contributed by atoms with E-state index in [0.29, 0.717) is 6.73 Å². The first-order chi connectivity index (χ1) is 15.2. The molecule has 0 N–H and O–H groups in total. The van der Waals surface area contributed by atoms with Gasteiger partial charge in [0, 0.05) is 47.1 Å². The normalized spacial score (nSPS) is 12.8. The minimum absolute atomic E-state index is 0.211. The standard InChI is InChI=1S/C22H34BrN7OSi/c1-7-29(14-17(2)28(3)20-13-24-19(23)12-25-20)21-18-8-9-30(22(18)27-15-26-21)16-31-10-11-32(4,5)6/h8-9,12-13,15,17H,7,10-11,14,16H2,1-6H3/t17-/m1/s1. The summed E-state index contributed by atoms with van der Waals surface area (Å²) in [4.78, 5) is 22.3. The molecule has 0 aromatic carbocycles. The lowest BCUT2D eigenvalue weighted by Gasteiger charge is -2.31. The van der Waals surface area contributed by atoms with E-state index in [-0.39, 0.29) is 6.04 Å². The molecule has 0 fully saturated rings. The zero-order chi connectivity index (χ0) is 23.3. The van der Waals surface area contributed by atoms with Crippen LogP contribution in [0.4, 0.5) is 11.6 Å². The molecule has 3 aromatic rings. The van der Waals surface area contributed by atoms with E-state index in [9.17, 15) is 0 Å². The number of anilines is 2. The molecule has 0 radical (unpaired) electrons. The van der Waals surface area contributed by atoms with Crippen molar-refractivity contribution in [1.82, 2.24) is 24.5 Å². The minimum Gasteiger partial charge on any atom is -0.361 e. The van der Waals surface area contributed by atoms with Crippen LogP contribution in [0.1, 0.15) is 13.8 Å². The fraction of sp³-hybridized carbons (Fsp3) is 0.545. The Morgan fingerprint density at radius 1 is 1.16 bits per heavy atom. The smallest absolute Gasteiger partial charge is 0.147 e. The van der Waals surface area contributed by atoms with Crippen LogP contribution in [0.15, 0.2) is 35.6 Å². The lowest BCUT2D eigenvalue weighted by molar-refractivity contribution is 0.0899. The summed E-state index contributed by atoms with van der Waals surface area (Å²) in [5.41, 5.74) is 0.904. The van der Waals surface area contributed by atoms with E-state index in [1.807, 2.05) is 13.2 Å². The number of halogens is 1. The topological polar surface area (TPSA) is 72.2 Å². The highest BCUT2D eigenvalue weighted by Gasteiger charge is 2.19. The number of rotatable bonds is 11. The molecule has 0 aliphatic rings. The molecule has 174 valence electrons. The van der Waals surface area contributed by atoms with Crippen molar-refractivity contribution in [2.24, 2.45) is 0 Å². The Kier molecular flexibility index (Phi) is 8.24. The van der Waals surface area contributed by atoms with Gasteiger partial charge in [-0.3, -0.25) is 0 Å². The average molecular weight is 521 g/mol. The zero-order valence-electron chi connectivity index (χ0n) is 19.9. The molecule has 0 aliphatic carbocycles. The Labute approximate surface area is 200 Å². The van der Waals surface area contributed by atoms with E-state index in [2.05, 4.69) is 89.8 Å². The Balaban J connectivity index is 1.72. The van der Waals surface area contributed by atoms with Gasteiger partial charge in [0.25, 0.3) is 0 Å². The molecule has 3 aromatic heterocycles. The summed E-state index contributed by atoms with van der Waals surface area (Å²) >= 11 is 3.34. The van der Waals surface area contributed by atoms with Crippen LogP contribution in [0, 0.1) is 0 Å². The predicted molar refractivity (Wildman–Crippen MR) is 137 cm³/mol. The number of nitrogens with zero attached hydrogens (tertiary/aromatic N) is 7. The van der Waals surface area contributed by atoms with Crippen molar-refractivity contribution < 1.29 is 4.74 Å². The second-order valence-electron chi connectivity index (χ2n) is 9.26. The minimum atomic E-state index is -1.10. The average Bonchev–Trinajstić information content (AvgIpc) is 3.17. The van der Waals surface area contributed by atoms with Crippen molar-refractivity contribution in [1.29, 1.82) is 0 Å². The Morgan fingerprint density at radius 3 is 2.59 bits per heavy atom. The lowest BCUT2D eigenvalue weighted by atomic mass is 10.2. The molecule has 32 heavy (non-hydrogen) atoms. The van der Waals surface area contributed by atoms with Crippen LogP contribution in [-0.2, 0) is 11.5 Å². The second kappa shape index (κ2) is 10.7. The molecule has 0 saturated carbocycles. The SMILES string of the molecule is CCN(C[C@@H](C)N(C)c1cnc(Br)cn1)c1ncnc2c1ccn2COCC[Si](C)(C)C. The van der Waals surface area contributed by atoms with Crippen LogP contribution in [0.25, 0.3) is 11.0 Å². The molecule has 3 rings (SSSR count). The highest BCUT2D eigenvalue weighted by Crippen LogP contribution is 2.25. The number of likely N-dealkylation sites (N-methyl/N-ethyl adjacent to an activating group) is 2. The van der Waals surface area contributed by atoms with Crippen molar-refractivity contribution >= 4 is 46.7 Å². The number of hydrogen-bond donors (Lipinski definition) is 0. The van der Waals surface area contributed by atoms with Crippen molar-refractivity contribution in [3.8, 4) is 0 Å². The van der Waals surface area contributed by atoms with Gasteiger partial charge < -0.3 is 19.1 Å². The van der Waals surface area contributed by atoms with E-state index in [1.165, 1.54) is 0 Å². The number of ether oxygens (including phenoxy) is 1. The van der Waals surface area contributed by atoms with Gasteiger partial charge >= 0.3 is 0 Å². The summed E-state index contributed by atoms with van der Waals surface area (Å²) in [5.74, 6) is 1.78. The van der Waals surface area contributed by atoms with Crippen LogP contribution < -0.4 is 9.80 Å². The van der Waals surface area contributed by atoms with E-state index >= 15 is 0 Å². The first kappa shape index (κ1) is 24.6. The van der Waals surface area contributed by atoms with Gasteiger partial charge in [-0.15, -0.1) is 0 Å². The van der Waals surface area contributed by atoms with Gasteiger partial charge in [0.15, 0.2) is 0 Å². The third-order valence-electron chi connectivity index (χ3n) is 5.56. The van der Waals surface area contributed by atoms with Crippen molar-refractivity contribution in [3.05, 3.63) is 35.6 Å². The van der Waals surface area contributed by atoms with E-state index < -0.39 is 8.07 Å². The molecule has 0 saturated heterocycles. The van der Waals surface area contributed by atoms with Crippen LogP contribution in [0.2, 0.25) is 25.7 Å². The predicted octanol–water partition coefficient (Wildman–Crippen LogP) is 4.65. The summed E-state index contributed by atoms with van der Waals surface area (Å²) < 4.78 is 8.74. The van der Waals surface area contributed by atoms with Gasteiger partial charge in [-0.05, 0) is 41.9 Å². The highest BCUT2D eigenvalue weighted by atomic mass is 79.9. The highest BCUT2D eigenvalue weighted by molar-refractivity contribution is 9.10. The Hall–Kier alpha value is -2.04. The van der Waals surface area contributed by atoms with Crippen LogP contribution in [0.5, 0.6) is 0 Å². The molecule has 0 aliphatic heterocycles. The van der Waals surface area contributed by atoms with Gasteiger partial charge in [-0.1, -0.05) is 19.6 Å². The quantitative estimate of drug-likeness (QED) is 0.269. The number of aromatic nitrogens is 5. The monoisotopic (exact) mass is 519 g/mol. The van der Waals surface area contributed by atoms with Crippen molar-refractivity contribution in [2.45, 2.75) is 52.3 Å². The molecule has 0 amide bonds. The maximum Gasteiger partial charge on any atom is 0.147 e. The zero-order valence-corrected chi connectivity index (χ0v) is 22.5. The molecule has 0 spiro atoms. The third kappa shape index (κ3) is 6.26. The molecular weight excluding hydrogens is 486 g/mol. The van der Waals surface area contributed by atoms with Crippen molar-refractivity contribution in [2.75, 3.05) is 36.5 Å². The van der Waals surface area contributed by atoms with Gasteiger partial charge in [-0.2, -0.15) is 0 Å². The fourth-order valence-corrected chi connectivity index (χ4v) is 4.37. The fourth-order valence-electron chi connectivity index (χ4n) is 3.41. The summed E-state index contributed by atoms with van der Waals surface area (Å²) in [5, 5.41) is 1.04. The van der Waals surface area contributed by atoms with E-state index in [4.69, 9.17) is 4.74 Å².